The second-order valence-electron chi connectivity index (χ2n) is 4.50. The molecular weight excluding hydrogens is 296 g/mol. The van der Waals surface area contributed by atoms with Gasteiger partial charge in [0.15, 0.2) is 16.4 Å². The molecule has 0 saturated heterocycles. The maximum atomic E-state index is 5.63. The van der Waals surface area contributed by atoms with E-state index in [0.717, 1.165) is 21.8 Å². The molecule has 0 bridgehead atoms. The summed E-state index contributed by atoms with van der Waals surface area (Å²) < 4.78 is 5.63. The van der Waals surface area contributed by atoms with Crippen LogP contribution in [-0.2, 0) is 0 Å². The number of nitrogens with zero attached hydrogens (tertiary/aromatic N) is 4. The zero-order valence-corrected chi connectivity index (χ0v) is 12.2. The molecule has 0 amide bonds. The molecule has 0 aliphatic rings. The summed E-state index contributed by atoms with van der Waals surface area (Å²) in [6.07, 6.45) is 7.09. The van der Waals surface area contributed by atoms with Crippen LogP contribution < -0.4 is 0 Å². The molecule has 0 saturated carbocycles. The summed E-state index contributed by atoms with van der Waals surface area (Å²) in [5, 5.41) is 2.74. The molecule has 0 spiro atoms. The number of oxazole rings is 1. The number of benzene rings is 1. The lowest BCUT2D eigenvalue weighted by molar-refractivity contribution is 0.589. The molecule has 4 rings (SSSR count). The Labute approximate surface area is 130 Å². The first-order chi connectivity index (χ1) is 10.9. The van der Waals surface area contributed by atoms with Gasteiger partial charge in [0.25, 0.3) is 0 Å². The van der Waals surface area contributed by atoms with Gasteiger partial charge in [0.05, 0.1) is 5.69 Å². The third-order valence-corrected chi connectivity index (χ3v) is 3.84. The topological polar surface area (TPSA) is 64.7 Å². The monoisotopic (exact) mass is 306 g/mol. The van der Waals surface area contributed by atoms with Crippen LogP contribution in [0.3, 0.4) is 0 Å². The number of para-hydroxylation sites is 2. The fourth-order valence-corrected chi connectivity index (χ4v) is 2.73. The summed E-state index contributed by atoms with van der Waals surface area (Å²) in [6.45, 7) is 0. The third kappa shape index (κ3) is 2.51. The van der Waals surface area contributed by atoms with Crippen molar-refractivity contribution in [3.8, 4) is 10.8 Å². The third-order valence-electron chi connectivity index (χ3n) is 2.99. The SMILES string of the molecule is C(=Cc1nc2ccccc2o1)c1csc(-c2ncccn2)n1. The Morgan fingerprint density at radius 3 is 2.68 bits per heavy atom. The molecule has 0 N–H and O–H groups in total. The van der Waals surface area contributed by atoms with Crippen molar-refractivity contribution in [2.24, 2.45) is 0 Å². The van der Waals surface area contributed by atoms with Crippen molar-refractivity contribution in [1.82, 2.24) is 19.9 Å². The molecule has 5 nitrogen and oxygen atoms in total. The smallest absolute Gasteiger partial charge is 0.220 e. The summed E-state index contributed by atoms with van der Waals surface area (Å²) in [5.41, 5.74) is 2.45. The van der Waals surface area contributed by atoms with E-state index >= 15 is 0 Å². The summed E-state index contributed by atoms with van der Waals surface area (Å²) in [4.78, 5) is 17.3. The Hall–Kier alpha value is -2.86. The predicted molar refractivity (Wildman–Crippen MR) is 86.1 cm³/mol. The lowest BCUT2D eigenvalue weighted by Crippen LogP contribution is -1.85. The molecule has 22 heavy (non-hydrogen) atoms. The molecule has 0 unspecified atom stereocenters. The van der Waals surface area contributed by atoms with E-state index in [9.17, 15) is 0 Å². The summed E-state index contributed by atoms with van der Waals surface area (Å²) in [7, 11) is 0. The second-order valence-corrected chi connectivity index (χ2v) is 5.36. The maximum absolute atomic E-state index is 5.63. The van der Waals surface area contributed by atoms with Crippen LogP contribution in [0.1, 0.15) is 11.6 Å². The fraction of sp³-hybridized carbons (Fsp3) is 0. The van der Waals surface area contributed by atoms with Gasteiger partial charge in [0, 0.05) is 23.8 Å². The quantitative estimate of drug-likeness (QED) is 0.574. The van der Waals surface area contributed by atoms with Crippen LogP contribution in [0.25, 0.3) is 34.1 Å². The molecule has 4 aromatic rings. The van der Waals surface area contributed by atoms with Crippen LogP contribution in [0, 0.1) is 0 Å². The average molecular weight is 306 g/mol. The lowest BCUT2D eigenvalue weighted by Gasteiger charge is -1.90. The van der Waals surface area contributed by atoms with E-state index in [2.05, 4.69) is 19.9 Å². The van der Waals surface area contributed by atoms with Gasteiger partial charge in [-0.05, 0) is 24.3 Å². The van der Waals surface area contributed by atoms with Crippen molar-refractivity contribution in [3.05, 3.63) is 59.7 Å². The van der Waals surface area contributed by atoms with Gasteiger partial charge in [-0.25, -0.2) is 19.9 Å². The molecule has 3 heterocycles. The first-order valence-electron chi connectivity index (χ1n) is 6.65. The Kier molecular flexibility index (Phi) is 3.21. The van der Waals surface area contributed by atoms with Crippen LogP contribution in [0.2, 0.25) is 0 Å². The molecule has 0 aliphatic heterocycles. The molecule has 1 aromatic carbocycles. The van der Waals surface area contributed by atoms with E-state index in [1.807, 2.05) is 41.8 Å². The van der Waals surface area contributed by atoms with Gasteiger partial charge in [-0.2, -0.15) is 0 Å². The minimum Gasteiger partial charge on any atom is -0.437 e. The Balaban J connectivity index is 1.59. The minimum absolute atomic E-state index is 0.562. The van der Waals surface area contributed by atoms with E-state index in [0.29, 0.717) is 11.7 Å². The highest BCUT2D eigenvalue weighted by atomic mass is 32.1. The Morgan fingerprint density at radius 1 is 0.955 bits per heavy atom. The molecule has 106 valence electrons. The molecule has 0 radical (unpaired) electrons. The van der Waals surface area contributed by atoms with Gasteiger partial charge >= 0.3 is 0 Å². The zero-order chi connectivity index (χ0) is 14.8. The first kappa shape index (κ1) is 12.8. The largest absolute Gasteiger partial charge is 0.437 e. The predicted octanol–water partition coefficient (Wildman–Crippen LogP) is 3.91. The van der Waals surface area contributed by atoms with Crippen LogP contribution >= 0.6 is 11.3 Å². The van der Waals surface area contributed by atoms with E-state index in [1.54, 1.807) is 18.5 Å². The van der Waals surface area contributed by atoms with Crippen LogP contribution in [0.4, 0.5) is 0 Å². The minimum atomic E-state index is 0.562. The molecule has 6 heteroatoms. The highest BCUT2D eigenvalue weighted by Gasteiger charge is 2.06. The normalized spacial score (nSPS) is 11.5. The van der Waals surface area contributed by atoms with Gasteiger partial charge in [-0.3, -0.25) is 0 Å². The molecular formula is C16H10N4OS. The Bertz CT molecular complexity index is 910. The standard InChI is InChI=1S/C16H10N4OS/c1-2-5-13-12(4-1)20-14(21-13)7-6-11-10-22-16(19-11)15-17-8-3-9-18-15/h1-10H. The number of hydrogen-bond acceptors (Lipinski definition) is 6. The number of rotatable bonds is 3. The van der Waals surface area contributed by atoms with Gasteiger partial charge in [-0.1, -0.05) is 12.1 Å². The average Bonchev–Trinajstić information content (AvgIpc) is 3.20. The summed E-state index contributed by atoms with van der Waals surface area (Å²) >= 11 is 1.50. The van der Waals surface area contributed by atoms with E-state index in [4.69, 9.17) is 4.42 Å². The molecule has 3 aromatic heterocycles. The van der Waals surface area contributed by atoms with E-state index in [-0.39, 0.29) is 0 Å². The number of thiazole rings is 1. The first-order valence-corrected chi connectivity index (χ1v) is 7.53. The van der Waals surface area contributed by atoms with E-state index in [1.165, 1.54) is 11.3 Å². The lowest BCUT2D eigenvalue weighted by atomic mass is 10.3. The molecule has 0 atom stereocenters. The van der Waals surface area contributed by atoms with Gasteiger partial charge in [0.1, 0.15) is 5.52 Å². The highest BCUT2D eigenvalue weighted by Crippen LogP contribution is 2.21. The van der Waals surface area contributed by atoms with Gasteiger partial charge < -0.3 is 4.42 Å². The van der Waals surface area contributed by atoms with Crippen LogP contribution in [0.5, 0.6) is 0 Å². The highest BCUT2D eigenvalue weighted by molar-refractivity contribution is 7.13. The fourth-order valence-electron chi connectivity index (χ4n) is 1.99. The second kappa shape index (κ2) is 5.50. The molecule has 0 fully saturated rings. The van der Waals surface area contributed by atoms with Crippen molar-refractivity contribution >= 4 is 34.6 Å². The number of hydrogen-bond donors (Lipinski definition) is 0. The molecule has 0 aliphatic carbocycles. The van der Waals surface area contributed by atoms with Crippen LogP contribution in [0.15, 0.2) is 52.5 Å². The van der Waals surface area contributed by atoms with Crippen molar-refractivity contribution in [2.45, 2.75) is 0 Å². The van der Waals surface area contributed by atoms with E-state index < -0.39 is 0 Å². The Morgan fingerprint density at radius 2 is 1.82 bits per heavy atom. The van der Waals surface area contributed by atoms with Crippen molar-refractivity contribution < 1.29 is 4.42 Å². The van der Waals surface area contributed by atoms with Crippen molar-refractivity contribution in [2.75, 3.05) is 0 Å². The summed E-state index contributed by atoms with van der Waals surface area (Å²) in [6, 6.07) is 9.46. The van der Waals surface area contributed by atoms with Gasteiger partial charge in [-0.15, -0.1) is 11.3 Å². The zero-order valence-electron chi connectivity index (χ0n) is 11.4. The maximum Gasteiger partial charge on any atom is 0.220 e. The number of fused-ring (bicyclic) bond motifs is 1. The van der Waals surface area contributed by atoms with Crippen molar-refractivity contribution in [3.63, 3.8) is 0 Å². The van der Waals surface area contributed by atoms with Crippen molar-refractivity contribution in [1.29, 1.82) is 0 Å². The van der Waals surface area contributed by atoms with Gasteiger partial charge in [0.2, 0.25) is 5.89 Å². The summed E-state index contributed by atoms with van der Waals surface area (Å²) in [5.74, 6) is 1.20. The number of aromatic nitrogens is 4. The van der Waals surface area contributed by atoms with Crippen LogP contribution in [-0.4, -0.2) is 19.9 Å².